The summed E-state index contributed by atoms with van der Waals surface area (Å²) in [6, 6.07) is 14.9. The van der Waals surface area contributed by atoms with Crippen LogP contribution in [0.2, 0.25) is 0 Å². The maximum Gasteiger partial charge on any atom is 0.259 e. The van der Waals surface area contributed by atoms with Gasteiger partial charge in [-0.2, -0.15) is 5.10 Å². The minimum atomic E-state index is -0.388. The number of nitrogens with one attached hydrogen (secondary N) is 2. The fraction of sp³-hybridized carbons (Fsp3) is 0.167. The molecule has 0 fully saturated rings. The summed E-state index contributed by atoms with van der Waals surface area (Å²) in [6.45, 7) is -0.138. The van der Waals surface area contributed by atoms with Crippen molar-refractivity contribution in [2.45, 2.75) is 0 Å². The van der Waals surface area contributed by atoms with E-state index in [0.29, 0.717) is 5.56 Å². The Balaban J connectivity index is 1.80. The summed E-state index contributed by atoms with van der Waals surface area (Å²) >= 11 is 2.08. The van der Waals surface area contributed by atoms with Crippen LogP contribution in [0.15, 0.2) is 53.6 Å². The van der Waals surface area contributed by atoms with E-state index in [1.54, 1.807) is 18.3 Å². The molecule has 0 aliphatic rings. The first kappa shape index (κ1) is 18.9. The van der Waals surface area contributed by atoms with Gasteiger partial charge in [-0.05, 0) is 52.4 Å². The number of nitrogens with zero attached hydrogens (tertiary/aromatic N) is 2. The van der Waals surface area contributed by atoms with Gasteiger partial charge in [-0.1, -0.05) is 24.3 Å². The smallest absolute Gasteiger partial charge is 0.259 e. The van der Waals surface area contributed by atoms with Crippen molar-refractivity contribution in [1.82, 2.24) is 10.7 Å². The van der Waals surface area contributed by atoms with E-state index in [-0.39, 0.29) is 18.4 Å². The highest BCUT2D eigenvalue weighted by Crippen LogP contribution is 2.11. The summed E-state index contributed by atoms with van der Waals surface area (Å²) in [6.07, 6.45) is 1.55. The normalized spacial score (nSPS) is 10.5. The molecule has 6 nitrogen and oxygen atoms in total. The van der Waals surface area contributed by atoms with Gasteiger partial charge >= 0.3 is 0 Å². The molecule has 0 atom stereocenters. The van der Waals surface area contributed by atoms with Crippen LogP contribution < -0.4 is 15.6 Å². The van der Waals surface area contributed by atoms with Crippen LogP contribution in [0.1, 0.15) is 15.9 Å². The number of carbonyl (C=O) groups excluding carboxylic acids is 2. The van der Waals surface area contributed by atoms with Gasteiger partial charge in [0.25, 0.3) is 11.8 Å². The Bertz CT molecular complexity index is 773. The van der Waals surface area contributed by atoms with Gasteiger partial charge in [0.15, 0.2) is 0 Å². The number of hydrogen-bond acceptors (Lipinski definition) is 4. The van der Waals surface area contributed by atoms with Gasteiger partial charge in [0, 0.05) is 23.4 Å². The van der Waals surface area contributed by atoms with E-state index in [0.717, 1.165) is 14.8 Å². The van der Waals surface area contributed by atoms with Crippen LogP contribution in [0, 0.1) is 3.57 Å². The van der Waals surface area contributed by atoms with Crippen LogP contribution in [0.3, 0.4) is 0 Å². The van der Waals surface area contributed by atoms with E-state index in [1.807, 2.05) is 55.4 Å². The lowest BCUT2D eigenvalue weighted by Gasteiger charge is -2.11. The second-order valence-electron chi connectivity index (χ2n) is 5.44. The quantitative estimate of drug-likeness (QED) is 0.403. The predicted molar refractivity (Wildman–Crippen MR) is 108 cm³/mol. The first-order valence-electron chi connectivity index (χ1n) is 7.59. The summed E-state index contributed by atoms with van der Waals surface area (Å²) in [5.74, 6) is -0.677. The molecule has 0 saturated heterocycles. The number of benzene rings is 2. The summed E-state index contributed by atoms with van der Waals surface area (Å²) in [5, 5.41) is 6.47. The molecule has 7 heteroatoms. The standard InChI is InChI=1S/C18H19IN4O2/c1-23(2)14-9-7-13(8-10-14)11-21-22-17(24)12-20-18(25)15-5-3-4-6-16(15)19/h3-11H,12H2,1-2H3,(H,20,25)(H,22,24). The molecule has 0 radical (unpaired) electrons. The molecule has 2 aromatic rings. The molecular weight excluding hydrogens is 431 g/mol. The average molecular weight is 450 g/mol. The number of hydrazone groups is 1. The van der Waals surface area contributed by atoms with Crippen LogP contribution in [-0.4, -0.2) is 38.7 Å². The molecule has 0 aliphatic heterocycles. The lowest BCUT2D eigenvalue weighted by molar-refractivity contribution is -0.120. The molecule has 2 amide bonds. The van der Waals surface area contributed by atoms with Gasteiger partial charge in [0.1, 0.15) is 0 Å². The summed E-state index contributed by atoms with van der Waals surface area (Å²) in [7, 11) is 3.93. The van der Waals surface area contributed by atoms with Gasteiger partial charge in [0.05, 0.1) is 18.3 Å². The number of halogens is 1. The van der Waals surface area contributed by atoms with Crippen molar-refractivity contribution in [1.29, 1.82) is 0 Å². The van der Waals surface area contributed by atoms with Crippen LogP contribution >= 0.6 is 22.6 Å². The second kappa shape index (κ2) is 9.16. The van der Waals surface area contributed by atoms with Gasteiger partial charge < -0.3 is 10.2 Å². The van der Waals surface area contributed by atoms with Crippen molar-refractivity contribution in [3.05, 3.63) is 63.2 Å². The summed E-state index contributed by atoms with van der Waals surface area (Å²) in [5.41, 5.74) is 4.89. The molecule has 0 aliphatic carbocycles. The van der Waals surface area contributed by atoms with Crippen molar-refractivity contribution < 1.29 is 9.59 Å². The van der Waals surface area contributed by atoms with Crippen molar-refractivity contribution in [2.75, 3.05) is 25.5 Å². The fourth-order valence-corrected chi connectivity index (χ4v) is 2.61. The molecule has 25 heavy (non-hydrogen) atoms. The molecule has 0 spiro atoms. The Morgan fingerprint density at radius 3 is 2.44 bits per heavy atom. The van der Waals surface area contributed by atoms with Gasteiger partial charge in [0.2, 0.25) is 0 Å². The molecular formula is C18H19IN4O2. The van der Waals surface area contributed by atoms with Crippen molar-refractivity contribution in [3.63, 3.8) is 0 Å². The number of hydrogen-bond donors (Lipinski definition) is 2. The predicted octanol–water partition coefficient (Wildman–Crippen LogP) is 2.24. The van der Waals surface area contributed by atoms with Crippen molar-refractivity contribution >= 4 is 46.3 Å². The minimum absolute atomic E-state index is 0.138. The van der Waals surface area contributed by atoms with Crippen LogP contribution in [0.4, 0.5) is 5.69 Å². The molecule has 2 N–H and O–H groups in total. The Morgan fingerprint density at radius 1 is 1.12 bits per heavy atom. The molecule has 0 heterocycles. The molecule has 2 rings (SSSR count). The first-order chi connectivity index (χ1) is 12.0. The number of carbonyl (C=O) groups is 2. The maximum absolute atomic E-state index is 12.0. The monoisotopic (exact) mass is 450 g/mol. The minimum Gasteiger partial charge on any atom is -0.378 e. The summed E-state index contributed by atoms with van der Waals surface area (Å²) in [4.78, 5) is 25.8. The Labute approximate surface area is 160 Å². The van der Waals surface area contributed by atoms with Gasteiger partial charge in [-0.15, -0.1) is 0 Å². The molecule has 2 aromatic carbocycles. The van der Waals surface area contributed by atoms with E-state index in [9.17, 15) is 9.59 Å². The van der Waals surface area contributed by atoms with Gasteiger partial charge in [-0.25, -0.2) is 5.43 Å². The SMILES string of the molecule is CN(C)c1ccc(C=NNC(=O)CNC(=O)c2ccccc2I)cc1. The average Bonchev–Trinajstić information content (AvgIpc) is 2.60. The second-order valence-corrected chi connectivity index (χ2v) is 6.60. The zero-order valence-corrected chi connectivity index (χ0v) is 16.1. The third-order valence-corrected chi connectivity index (χ3v) is 4.28. The lowest BCUT2D eigenvalue weighted by Crippen LogP contribution is -2.35. The zero-order valence-electron chi connectivity index (χ0n) is 14.0. The van der Waals surface area contributed by atoms with E-state index < -0.39 is 0 Å². The largest absolute Gasteiger partial charge is 0.378 e. The van der Waals surface area contributed by atoms with E-state index in [1.165, 1.54) is 0 Å². The molecule has 0 bridgehead atoms. The lowest BCUT2D eigenvalue weighted by atomic mass is 10.2. The van der Waals surface area contributed by atoms with Crippen molar-refractivity contribution in [2.24, 2.45) is 5.10 Å². The van der Waals surface area contributed by atoms with Gasteiger partial charge in [-0.3, -0.25) is 9.59 Å². The number of anilines is 1. The number of amides is 2. The summed E-state index contributed by atoms with van der Waals surface area (Å²) < 4.78 is 0.831. The molecule has 0 aromatic heterocycles. The zero-order chi connectivity index (χ0) is 18.2. The molecule has 130 valence electrons. The maximum atomic E-state index is 12.0. The Morgan fingerprint density at radius 2 is 1.80 bits per heavy atom. The Hall–Kier alpha value is -2.42. The third-order valence-electron chi connectivity index (χ3n) is 3.34. The van der Waals surface area contributed by atoms with E-state index >= 15 is 0 Å². The molecule has 0 saturated carbocycles. The van der Waals surface area contributed by atoms with E-state index in [4.69, 9.17) is 0 Å². The van der Waals surface area contributed by atoms with Crippen LogP contribution in [0.25, 0.3) is 0 Å². The van der Waals surface area contributed by atoms with Crippen molar-refractivity contribution in [3.8, 4) is 0 Å². The third kappa shape index (κ3) is 5.86. The van der Waals surface area contributed by atoms with Crippen LogP contribution in [-0.2, 0) is 4.79 Å². The fourth-order valence-electron chi connectivity index (χ4n) is 1.98. The topological polar surface area (TPSA) is 73.8 Å². The van der Waals surface area contributed by atoms with E-state index in [2.05, 4.69) is 38.4 Å². The Kier molecular flexibility index (Phi) is 6.93. The molecule has 0 unspecified atom stereocenters. The highest BCUT2D eigenvalue weighted by molar-refractivity contribution is 14.1. The highest BCUT2D eigenvalue weighted by Gasteiger charge is 2.10. The highest BCUT2D eigenvalue weighted by atomic mass is 127. The number of rotatable bonds is 6. The first-order valence-corrected chi connectivity index (χ1v) is 8.67. The van der Waals surface area contributed by atoms with Crippen LogP contribution in [0.5, 0.6) is 0 Å².